The molecule has 2 amide bonds. The van der Waals surface area contributed by atoms with Gasteiger partial charge < -0.3 is 21.5 Å². The Bertz CT molecular complexity index is 1270. The van der Waals surface area contributed by atoms with E-state index in [1.165, 1.54) is 0 Å². The highest BCUT2D eigenvalue weighted by molar-refractivity contribution is 5.92. The van der Waals surface area contributed by atoms with Gasteiger partial charge in [0.15, 0.2) is 0 Å². The first kappa shape index (κ1) is 25.4. The van der Waals surface area contributed by atoms with Crippen molar-refractivity contribution in [1.29, 1.82) is 0 Å². The smallest absolute Gasteiger partial charge is 0.242 e. The van der Waals surface area contributed by atoms with Crippen LogP contribution in [0.25, 0.3) is 0 Å². The standard InChI is InChI=1S/C30H30N4O3/c31-26-20-32-18-17-22(26)13-16-27(29(36)33-19-21-11-14-25(35)15-12-21)34-30(37)28(23-7-3-1-4-8-23)24-9-5-2-6-10-24/h1-12,14-15,17-18,20,27-28,35H,13,16,19,31H2,(H,33,36)(H,34,37). The van der Waals surface area contributed by atoms with E-state index in [1.807, 2.05) is 66.7 Å². The molecule has 0 aliphatic heterocycles. The van der Waals surface area contributed by atoms with Crippen LogP contribution in [0.4, 0.5) is 5.69 Å². The van der Waals surface area contributed by atoms with Crippen LogP contribution >= 0.6 is 0 Å². The van der Waals surface area contributed by atoms with Crippen LogP contribution in [0.1, 0.15) is 34.6 Å². The summed E-state index contributed by atoms with van der Waals surface area (Å²) in [6, 6.07) is 26.7. The number of phenolic OH excluding ortho intramolecular Hbond substituents is 1. The lowest BCUT2D eigenvalue weighted by atomic mass is 9.90. The minimum atomic E-state index is -0.785. The predicted molar refractivity (Wildman–Crippen MR) is 144 cm³/mol. The summed E-state index contributed by atoms with van der Waals surface area (Å²) in [6.07, 6.45) is 4.09. The van der Waals surface area contributed by atoms with Crippen LogP contribution in [0, 0.1) is 0 Å². The fraction of sp³-hybridized carbons (Fsp3) is 0.167. The zero-order chi connectivity index (χ0) is 26.0. The lowest BCUT2D eigenvalue weighted by Gasteiger charge is -2.23. The van der Waals surface area contributed by atoms with E-state index < -0.39 is 12.0 Å². The van der Waals surface area contributed by atoms with Gasteiger partial charge in [-0.2, -0.15) is 0 Å². The van der Waals surface area contributed by atoms with Gasteiger partial charge in [-0.3, -0.25) is 14.6 Å². The van der Waals surface area contributed by atoms with Crippen molar-refractivity contribution in [2.24, 2.45) is 0 Å². The van der Waals surface area contributed by atoms with E-state index in [4.69, 9.17) is 5.73 Å². The number of anilines is 1. The number of nitrogens with one attached hydrogen (secondary N) is 2. The average molecular weight is 495 g/mol. The monoisotopic (exact) mass is 494 g/mol. The summed E-state index contributed by atoms with van der Waals surface area (Å²) >= 11 is 0. The Morgan fingerprint density at radius 3 is 2.05 bits per heavy atom. The Hall–Kier alpha value is -4.65. The van der Waals surface area contributed by atoms with E-state index in [0.29, 0.717) is 18.5 Å². The number of aromatic nitrogens is 1. The summed E-state index contributed by atoms with van der Waals surface area (Å²) < 4.78 is 0. The number of rotatable bonds is 10. The van der Waals surface area contributed by atoms with Gasteiger partial charge in [-0.05, 0) is 53.3 Å². The molecular weight excluding hydrogens is 464 g/mol. The van der Waals surface area contributed by atoms with E-state index in [2.05, 4.69) is 15.6 Å². The topological polar surface area (TPSA) is 117 Å². The molecule has 0 radical (unpaired) electrons. The molecule has 3 aromatic carbocycles. The van der Waals surface area contributed by atoms with E-state index >= 15 is 0 Å². The van der Waals surface area contributed by atoms with Gasteiger partial charge in [0.2, 0.25) is 11.8 Å². The van der Waals surface area contributed by atoms with Crippen molar-refractivity contribution in [3.63, 3.8) is 0 Å². The third-order valence-corrected chi connectivity index (χ3v) is 6.21. The van der Waals surface area contributed by atoms with Gasteiger partial charge in [0, 0.05) is 12.7 Å². The summed E-state index contributed by atoms with van der Waals surface area (Å²) in [5, 5.41) is 15.4. The third kappa shape index (κ3) is 6.95. The average Bonchev–Trinajstić information content (AvgIpc) is 2.92. The van der Waals surface area contributed by atoms with Crippen LogP contribution in [-0.4, -0.2) is 27.9 Å². The van der Waals surface area contributed by atoms with Crippen LogP contribution < -0.4 is 16.4 Å². The molecule has 37 heavy (non-hydrogen) atoms. The molecule has 188 valence electrons. The first-order valence-electron chi connectivity index (χ1n) is 12.2. The molecule has 0 aliphatic rings. The molecule has 4 rings (SSSR count). The first-order chi connectivity index (χ1) is 18.0. The molecule has 7 nitrogen and oxygen atoms in total. The van der Waals surface area contributed by atoms with Crippen molar-refractivity contribution in [3.05, 3.63) is 126 Å². The van der Waals surface area contributed by atoms with Crippen LogP contribution in [-0.2, 0) is 22.6 Å². The van der Waals surface area contributed by atoms with E-state index in [9.17, 15) is 14.7 Å². The predicted octanol–water partition coefficient (Wildman–Crippen LogP) is 3.94. The number of aryl methyl sites for hydroxylation is 1. The van der Waals surface area contributed by atoms with Gasteiger partial charge in [-0.15, -0.1) is 0 Å². The Morgan fingerprint density at radius 2 is 1.46 bits per heavy atom. The van der Waals surface area contributed by atoms with Crippen molar-refractivity contribution in [1.82, 2.24) is 15.6 Å². The number of carbonyl (C=O) groups is 2. The molecular formula is C30H30N4O3. The number of hydrogen-bond acceptors (Lipinski definition) is 5. The summed E-state index contributed by atoms with van der Waals surface area (Å²) in [6.45, 7) is 0.268. The zero-order valence-electron chi connectivity index (χ0n) is 20.4. The molecule has 4 aromatic rings. The van der Waals surface area contributed by atoms with Crippen molar-refractivity contribution >= 4 is 17.5 Å². The van der Waals surface area contributed by atoms with Crippen LogP contribution in [0.15, 0.2) is 103 Å². The molecule has 0 fully saturated rings. The lowest BCUT2D eigenvalue weighted by Crippen LogP contribution is -2.48. The number of nitrogen functional groups attached to an aromatic ring is 1. The molecule has 1 heterocycles. The third-order valence-electron chi connectivity index (χ3n) is 6.21. The maximum atomic E-state index is 13.7. The summed E-state index contributed by atoms with van der Waals surface area (Å²) in [5.74, 6) is -0.970. The fourth-order valence-electron chi connectivity index (χ4n) is 4.20. The van der Waals surface area contributed by atoms with E-state index in [-0.39, 0.29) is 24.1 Å². The number of phenols is 1. The summed E-state index contributed by atoms with van der Waals surface area (Å²) in [4.78, 5) is 31.0. The zero-order valence-corrected chi connectivity index (χ0v) is 20.4. The second-order valence-corrected chi connectivity index (χ2v) is 8.81. The molecule has 1 aromatic heterocycles. The van der Waals surface area contributed by atoms with E-state index in [1.54, 1.807) is 36.7 Å². The number of carbonyl (C=O) groups excluding carboxylic acids is 2. The molecule has 0 saturated carbocycles. The highest BCUT2D eigenvalue weighted by Gasteiger charge is 2.28. The maximum absolute atomic E-state index is 13.7. The van der Waals surface area contributed by atoms with Gasteiger partial charge in [-0.1, -0.05) is 72.8 Å². The number of benzene rings is 3. The van der Waals surface area contributed by atoms with Gasteiger partial charge in [-0.25, -0.2) is 0 Å². The molecule has 0 bridgehead atoms. The van der Waals surface area contributed by atoms with Gasteiger partial charge >= 0.3 is 0 Å². The molecule has 0 aliphatic carbocycles. The summed E-state index contributed by atoms with van der Waals surface area (Å²) in [5.41, 5.74) is 9.98. The minimum absolute atomic E-state index is 0.156. The normalized spacial score (nSPS) is 11.6. The van der Waals surface area contributed by atoms with Gasteiger partial charge in [0.05, 0.1) is 17.8 Å². The Labute approximate surface area is 216 Å². The van der Waals surface area contributed by atoms with Crippen molar-refractivity contribution in [2.45, 2.75) is 31.3 Å². The molecule has 5 N–H and O–H groups in total. The molecule has 1 unspecified atom stereocenters. The number of nitrogens with zero attached hydrogens (tertiary/aromatic N) is 1. The molecule has 7 heteroatoms. The van der Waals surface area contributed by atoms with Gasteiger partial charge in [0.1, 0.15) is 11.8 Å². The highest BCUT2D eigenvalue weighted by atomic mass is 16.3. The lowest BCUT2D eigenvalue weighted by molar-refractivity contribution is -0.129. The number of hydrogen-bond donors (Lipinski definition) is 4. The van der Waals surface area contributed by atoms with Crippen LogP contribution in [0.5, 0.6) is 5.75 Å². The Balaban J connectivity index is 1.55. The number of pyridine rings is 1. The largest absolute Gasteiger partial charge is 0.508 e. The number of amides is 2. The molecule has 0 saturated heterocycles. The quantitative estimate of drug-likeness (QED) is 0.266. The SMILES string of the molecule is Nc1cnccc1CCC(NC(=O)C(c1ccccc1)c1ccccc1)C(=O)NCc1ccc(O)cc1. The Morgan fingerprint density at radius 1 is 0.838 bits per heavy atom. The summed E-state index contributed by atoms with van der Waals surface area (Å²) in [7, 11) is 0. The minimum Gasteiger partial charge on any atom is -0.508 e. The maximum Gasteiger partial charge on any atom is 0.242 e. The van der Waals surface area contributed by atoms with Crippen molar-refractivity contribution < 1.29 is 14.7 Å². The van der Waals surface area contributed by atoms with Crippen molar-refractivity contribution in [3.8, 4) is 5.75 Å². The molecule has 1 atom stereocenters. The Kier molecular flexibility index (Phi) is 8.49. The number of aromatic hydroxyl groups is 1. The number of nitrogens with two attached hydrogens (primary N) is 1. The van der Waals surface area contributed by atoms with E-state index in [0.717, 1.165) is 22.3 Å². The van der Waals surface area contributed by atoms with Crippen molar-refractivity contribution in [2.75, 3.05) is 5.73 Å². The second kappa shape index (κ2) is 12.4. The second-order valence-electron chi connectivity index (χ2n) is 8.81. The van der Waals surface area contributed by atoms with Crippen LogP contribution in [0.2, 0.25) is 0 Å². The molecule has 0 spiro atoms. The van der Waals surface area contributed by atoms with Crippen LogP contribution in [0.3, 0.4) is 0 Å². The first-order valence-corrected chi connectivity index (χ1v) is 12.2. The highest BCUT2D eigenvalue weighted by Crippen LogP contribution is 2.25. The van der Waals surface area contributed by atoms with Gasteiger partial charge in [0.25, 0.3) is 0 Å². The fourth-order valence-corrected chi connectivity index (χ4v) is 4.20.